The van der Waals surface area contributed by atoms with Crippen LogP contribution in [0.15, 0.2) is 24.3 Å². The maximum atomic E-state index is 14.9. The molecule has 30 heavy (non-hydrogen) atoms. The Morgan fingerprint density at radius 3 is 2.00 bits per heavy atom. The van der Waals surface area contributed by atoms with E-state index in [0.29, 0.717) is 11.5 Å². The first kappa shape index (κ1) is 21.2. The highest BCUT2D eigenvalue weighted by atomic mass is 19.1. The summed E-state index contributed by atoms with van der Waals surface area (Å²) in [5.41, 5.74) is 0.0737. The van der Waals surface area contributed by atoms with Crippen LogP contribution >= 0.6 is 0 Å². The van der Waals surface area contributed by atoms with Gasteiger partial charge >= 0.3 is 0 Å². The third kappa shape index (κ3) is 3.95. The highest BCUT2D eigenvalue weighted by molar-refractivity contribution is 5.66. The molecule has 1 nitrogen and oxygen atoms in total. The van der Waals surface area contributed by atoms with Crippen molar-refractivity contribution < 1.29 is 22.3 Å². The van der Waals surface area contributed by atoms with Crippen LogP contribution in [-0.2, 0) is 0 Å². The van der Waals surface area contributed by atoms with Crippen LogP contribution < -0.4 is 4.74 Å². The van der Waals surface area contributed by atoms with E-state index in [9.17, 15) is 17.6 Å². The van der Waals surface area contributed by atoms with Crippen LogP contribution in [0.1, 0.15) is 63.4 Å². The average molecular weight is 420 g/mol. The lowest BCUT2D eigenvalue weighted by Crippen LogP contribution is -2.30. The summed E-state index contributed by atoms with van der Waals surface area (Å²) in [5.74, 6) is -1.80. The zero-order valence-corrected chi connectivity index (χ0v) is 17.5. The molecule has 0 aromatic heterocycles. The predicted octanol–water partition coefficient (Wildman–Crippen LogP) is 7.63. The number of halogens is 4. The van der Waals surface area contributed by atoms with E-state index in [1.54, 1.807) is 0 Å². The summed E-state index contributed by atoms with van der Waals surface area (Å²) in [6.07, 6.45) is 7.97. The minimum Gasteiger partial charge on any atom is -0.491 e. The monoisotopic (exact) mass is 420 g/mol. The summed E-state index contributed by atoms with van der Waals surface area (Å²) in [7, 11) is 1.14. The molecule has 162 valence electrons. The lowest BCUT2D eigenvalue weighted by molar-refractivity contribution is 0.116. The summed E-state index contributed by atoms with van der Waals surface area (Å²) in [5, 5.41) is 0. The molecule has 1 unspecified atom stereocenters. The molecule has 0 N–H and O–H groups in total. The Balaban J connectivity index is 1.58. The molecule has 0 saturated heterocycles. The van der Waals surface area contributed by atoms with Gasteiger partial charge in [-0.1, -0.05) is 19.8 Å². The normalized spacial score (nSPS) is 26.3. The van der Waals surface area contributed by atoms with Gasteiger partial charge in [0, 0.05) is 0 Å². The molecular formula is C25H28F4O. The van der Waals surface area contributed by atoms with Crippen LogP contribution in [-0.4, -0.2) is 7.11 Å². The minimum atomic E-state index is -0.989. The zero-order valence-electron chi connectivity index (χ0n) is 17.5. The molecule has 2 saturated carbocycles. The van der Waals surface area contributed by atoms with Gasteiger partial charge in [0.25, 0.3) is 0 Å². The smallest absolute Gasteiger partial charge is 0.190 e. The van der Waals surface area contributed by atoms with Gasteiger partial charge in [-0.05, 0) is 91.2 Å². The van der Waals surface area contributed by atoms with Crippen LogP contribution in [0.3, 0.4) is 0 Å². The molecule has 0 heterocycles. The molecule has 2 aliphatic rings. The topological polar surface area (TPSA) is 9.23 Å². The van der Waals surface area contributed by atoms with Gasteiger partial charge in [0.05, 0.1) is 12.7 Å². The van der Waals surface area contributed by atoms with Gasteiger partial charge in [0.1, 0.15) is 11.6 Å². The maximum Gasteiger partial charge on any atom is 0.190 e. The van der Waals surface area contributed by atoms with Crippen molar-refractivity contribution >= 4 is 0 Å². The Hall–Kier alpha value is -2.04. The van der Waals surface area contributed by atoms with E-state index < -0.39 is 34.6 Å². The van der Waals surface area contributed by atoms with Crippen molar-refractivity contribution in [2.45, 2.75) is 57.8 Å². The highest BCUT2D eigenvalue weighted by Crippen LogP contribution is 2.48. The first-order valence-corrected chi connectivity index (χ1v) is 10.9. The van der Waals surface area contributed by atoms with Crippen molar-refractivity contribution in [2.75, 3.05) is 7.11 Å². The zero-order chi connectivity index (χ0) is 21.4. The highest BCUT2D eigenvalue weighted by Gasteiger charge is 2.36. The molecule has 4 rings (SSSR count). The molecule has 2 aliphatic carbocycles. The van der Waals surface area contributed by atoms with Crippen molar-refractivity contribution in [3.63, 3.8) is 0 Å². The molecule has 2 aromatic rings. The first-order valence-electron chi connectivity index (χ1n) is 10.9. The van der Waals surface area contributed by atoms with Crippen LogP contribution in [0, 0.1) is 41.0 Å². The van der Waals surface area contributed by atoms with E-state index in [1.807, 2.05) is 0 Å². The summed E-state index contributed by atoms with van der Waals surface area (Å²) in [6.45, 7) is 2.25. The molecule has 2 aromatic carbocycles. The lowest BCUT2D eigenvalue weighted by atomic mass is 9.63. The molecule has 2 fully saturated rings. The second-order valence-electron chi connectivity index (χ2n) is 8.95. The second-order valence-corrected chi connectivity index (χ2v) is 8.95. The lowest BCUT2D eigenvalue weighted by Gasteiger charge is -2.42. The Morgan fingerprint density at radius 2 is 1.40 bits per heavy atom. The molecule has 5 heteroatoms. The van der Waals surface area contributed by atoms with Crippen molar-refractivity contribution in [3.05, 3.63) is 53.1 Å². The van der Waals surface area contributed by atoms with E-state index in [-0.39, 0.29) is 11.5 Å². The average Bonchev–Trinajstić information content (AvgIpc) is 2.72. The van der Waals surface area contributed by atoms with Gasteiger partial charge in [0.15, 0.2) is 17.4 Å². The van der Waals surface area contributed by atoms with Gasteiger partial charge in [-0.2, -0.15) is 0 Å². The number of rotatable bonds is 4. The van der Waals surface area contributed by atoms with Crippen molar-refractivity contribution in [1.82, 2.24) is 0 Å². The predicted molar refractivity (Wildman–Crippen MR) is 109 cm³/mol. The van der Waals surface area contributed by atoms with Crippen molar-refractivity contribution in [1.29, 1.82) is 0 Å². The molecule has 0 amide bonds. The number of ether oxygens (including phenoxy) is 1. The van der Waals surface area contributed by atoms with E-state index in [4.69, 9.17) is 0 Å². The number of hydrogen-bond acceptors (Lipinski definition) is 1. The summed E-state index contributed by atoms with van der Waals surface area (Å²) >= 11 is 0. The van der Waals surface area contributed by atoms with Gasteiger partial charge in [0.2, 0.25) is 0 Å². The Bertz CT molecular complexity index is 879. The number of hydrogen-bond donors (Lipinski definition) is 0. The summed E-state index contributed by atoms with van der Waals surface area (Å²) in [6, 6.07) is 4.50. The van der Waals surface area contributed by atoms with Gasteiger partial charge in [-0.3, -0.25) is 0 Å². The van der Waals surface area contributed by atoms with E-state index in [1.165, 1.54) is 37.8 Å². The van der Waals surface area contributed by atoms with Gasteiger partial charge in [-0.25, -0.2) is 17.6 Å². The third-order valence-corrected chi connectivity index (χ3v) is 7.33. The third-order valence-electron chi connectivity index (χ3n) is 7.33. The Kier molecular flexibility index (Phi) is 6.08. The van der Waals surface area contributed by atoms with Crippen molar-refractivity contribution in [3.8, 4) is 16.9 Å². The fourth-order valence-corrected chi connectivity index (χ4v) is 5.66. The quantitative estimate of drug-likeness (QED) is 0.462. The molecule has 0 aliphatic heterocycles. The van der Waals surface area contributed by atoms with Crippen molar-refractivity contribution in [2.24, 2.45) is 17.8 Å². The van der Waals surface area contributed by atoms with Gasteiger partial charge < -0.3 is 4.74 Å². The Morgan fingerprint density at radius 1 is 0.800 bits per heavy atom. The second kappa shape index (κ2) is 8.60. The van der Waals surface area contributed by atoms with Crippen LogP contribution in [0.5, 0.6) is 5.75 Å². The van der Waals surface area contributed by atoms with Crippen LogP contribution in [0.25, 0.3) is 11.1 Å². The SMILES string of the molecule is CCC1CC[C@@H]2C[C@H](c3cc(F)c(-c4cc(F)c(OC)c(F)c4)c(F)c3)CC[C@@H]2C1. The number of fused-ring (bicyclic) bond motifs is 1. The number of methoxy groups -OCH3 is 1. The van der Waals surface area contributed by atoms with Crippen LogP contribution in [0.4, 0.5) is 17.6 Å². The van der Waals surface area contributed by atoms with Crippen LogP contribution in [0.2, 0.25) is 0 Å². The first-order chi connectivity index (χ1) is 14.4. The molecule has 0 bridgehead atoms. The van der Waals surface area contributed by atoms with E-state index in [0.717, 1.165) is 50.3 Å². The summed E-state index contributed by atoms with van der Waals surface area (Å²) < 4.78 is 62.5. The standard InChI is InChI=1S/C25H28F4O/c1-3-14-4-5-16-9-17(7-6-15(16)8-14)18-10-20(26)24(21(27)11-18)19-12-22(28)25(30-2)23(29)13-19/h10-17H,3-9H2,1-2H3/t14?,15-,16-,17-/m1/s1. The molecule has 0 radical (unpaired) electrons. The summed E-state index contributed by atoms with van der Waals surface area (Å²) in [4.78, 5) is 0. The maximum absolute atomic E-state index is 14.9. The van der Waals surface area contributed by atoms with Gasteiger partial charge in [-0.15, -0.1) is 0 Å². The number of benzene rings is 2. The van der Waals surface area contributed by atoms with E-state index >= 15 is 0 Å². The minimum absolute atomic E-state index is 0.131. The molecular weight excluding hydrogens is 392 g/mol. The molecule has 4 atom stereocenters. The Labute approximate surface area is 175 Å². The van der Waals surface area contributed by atoms with E-state index in [2.05, 4.69) is 11.7 Å². The largest absolute Gasteiger partial charge is 0.491 e. The molecule has 0 spiro atoms. The fraction of sp³-hybridized carbons (Fsp3) is 0.520. The fourth-order valence-electron chi connectivity index (χ4n) is 5.66.